The van der Waals surface area contributed by atoms with Crippen molar-refractivity contribution >= 4 is 17.6 Å². The van der Waals surface area contributed by atoms with Crippen LogP contribution in [0.5, 0.6) is 0 Å². The van der Waals surface area contributed by atoms with Gasteiger partial charge in [-0.15, -0.1) is 0 Å². The summed E-state index contributed by atoms with van der Waals surface area (Å²) in [6.07, 6.45) is 7.98. The summed E-state index contributed by atoms with van der Waals surface area (Å²) < 4.78 is 2.01. The zero-order chi connectivity index (χ0) is 11.6. The van der Waals surface area contributed by atoms with Crippen LogP contribution in [-0.4, -0.2) is 27.1 Å². The minimum atomic E-state index is -0.0260. The van der Waals surface area contributed by atoms with E-state index in [9.17, 15) is 4.79 Å². The fourth-order valence-corrected chi connectivity index (χ4v) is 2.38. The Hall–Kier alpha value is -0.970. The topological polar surface area (TPSA) is 46.9 Å². The molecule has 1 saturated carbocycles. The lowest BCUT2D eigenvalue weighted by Crippen LogP contribution is -2.27. The Labute approximate surface area is 99.5 Å². The van der Waals surface area contributed by atoms with Crippen molar-refractivity contribution in [3.63, 3.8) is 0 Å². The highest BCUT2D eigenvalue weighted by molar-refractivity contribution is 8.00. The summed E-state index contributed by atoms with van der Waals surface area (Å²) >= 11 is 1.87. The molecular weight excluding hydrogens is 222 g/mol. The predicted molar refractivity (Wildman–Crippen MR) is 68.1 cm³/mol. The summed E-state index contributed by atoms with van der Waals surface area (Å²) in [6, 6.07) is 0. The lowest BCUT2D eigenvalue weighted by atomic mass is 10.4. The molecule has 1 aliphatic rings. The van der Waals surface area contributed by atoms with Crippen LogP contribution in [0.1, 0.15) is 19.8 Å². The molecule has 16 heavy (non-hydrogen) atoms. The fourth-order valence-electron chi connectivity index (χ4n) is 1.65. The zero-order valence-electron chi connectivity index (χ0n) is 9.69. The van der Waals surface area contributed by atoms with Gasteiger partial charge in [0, 0.05) is 30.2 Å². The molecule has 5 heteroatoms. The van der Waals surface area contributed by atoms with E-state index in [2.05, 4.69) is 16.6 Å². The van der Waals surface area contributed by atoms with E-state index in [1.165, 1.54) is 12.8 Å². The molecule has 0 radical (unpaired) electrons. The number of anilines is 1. The average molecular weight is 239 g/mol. The van der Waals surface area contributed by atoms with Crippen LogP contribution in [0.2, 0.25) is 0 Å². The van der Waals surface area contributed by atoms with Crippen LogP contribution < -0.4 is 10.9 Å². The van der Waals surface area contributed by atoms with Gasteiger partial charge in [0.1, 0.15) is 0 Å². The molecule has 0 aliphatic heterocycles. The van der Waals surface area contributed by atoms with Gasteiger partial charge in [-0.3, -0.25) is 4.79 Å². The van der Waals surface area contributed by atoms with Crippen LogP contribution in [0.4, 0.5) is 5.82 Å². The summed E-state index contributed by atoms with van der Waals surface area (Å²) in [5.74, 6) is 0.477. The SMILES string of the molecule is CCn1ccnc(NCC2(SC)CC2)c1=O. The number of aryl methyl sites for hydroxylation is 1. The Balaban J connectivity index is 2.07. The highest BCUT2D eigenvalue weighted by Crippen LogP contribution is 2.46. The highest BCUT2D eigenvalue weighted by Gasteiger charge is 2.41. The molecule has 1 fully saturated rings. The molecule has 4 nitrogen and oxygen atoms in total. The predicted octanol–water partition coefficient (Wildman–Crippen LogP) is 1.57. The molecule has 88 valence electrons. The maximum Gasteiger partial charge on any atom is 0.293 e. The number of hydrogen-bond donors (Lipinski definition) is 1. The Morgan fingerprint density at radius 2 is 2.38 bits per heavy atom. The molecule has 1 aromatic rings. The highest BCUT2D eigenvalue weighted by atomic mass is 32.2. The van der Waals surface area contributed by atoms with E-state index in [-0.39, 0.29) is 5.56 Å². The second-order valence-corrected chi connectivity index (χ2v) is 5.38. The zero-order valence-corrected chi connectivity index (χ0v) is 10.5. The van der Waals surface area contributed by atoms with E-state index in [0.717, 1.165) is 6.54 Å². The molecule has 1 N–H and O–H groups in total. The third-order valence-corrected chi connectivity index (χ3v) is 4.49. The quantitative estimate of drug-likeness (QED) is 0.847. The third-order valence-electron chi connectivity index (χ3n) is 3.07. The minimum absolute atomic E-state index is 0.0260. The van der Waals surface area contributed by atoms with E-state index in [4.69, 9.17) is 0 Å². The van der Waals surface area contributed by atoms with Crippen molar-refractivity contribution in [3.05, 3.63) is 22.7 Å². The van der Waals surface area contributed by atoms with E-state index in [0.29, 0.717) is 17.1 Å². The van der Waals surface area contributed by atoms with Crippen molar-refractivity contribution in [2.75, 3.05) is 18.1 Å². The molecule has 0 bridgehead atoms. The molecule has 1 heterocycles. The van der Waals surface area contributed by atoms with Crippen molar-refractivity contribution in [1.82, 2.24) is 9.55 Å². The molecule has 2 rings (SSSR count). The third kappa shape index (κ3) is 2.24. The first-order chi connectivity index (χ1) is 7.71. The molecule has 0 unspecified atom stereocenters. The largest absolute Gasteiger partial charge is 0.364 e. The van der Waals surface area contributed by atoms with Gasteiger partial charge in [-0.05, 0) is 26.0 Å². The van der Waals surface area contributed by atoms with Gasteiger partial charge < -0.3 is 9.88 Å². The number of hydrogen-bond acceptors (Lipinski definition) is 4. The van der Waals surface area contributed by atoms with Crippen LogP contribution in [-0.2, 0) is 6.54 Å². The Morgan fingerprint density at radius 1 is 1.62 bits per heavy atom. The summed E-state index contributed by atoms with van der Waals surface area (Å²) in [5.41, 5.74) is -0.0260. The van der Waals surface area contributed by atoms with E-state index in [1.54, 1.807) is 17.0 Å². The maximum atomic E-state index is 11.9. The van der Waals surface area contributed by atoms with Crippen LogP contribution in [0.15, 0.2) is 17.2 Å². The monoisotopic (exact) mass is 239 g/mol. The first kappa shape index (κ1) is 11.5. The van der Waals surface area contributed by atoms with Gasteiger partial charge in [0.05, 0.1) is 0 Å². The van der Waals surface area contributed by atoms with E-state index < -0.39 is 0 Å². The lowest BCUT2D eigenvalue weighted by Gasteiger charge is -2.13. The Kier molecular flexibility index (Phi) is 3.23. The summed E-state index contributed by atoms with van der Waals surface area (Å²) in [6.45, 7) is 3.48. The molecule has 0 atom stereocenters. The van der Waals surface area contributed by atoms with Gasteiger partial charge in [-0.25, -0.2) is 4.98 Å². The normalized spacial score (nSPS) is 17.1. The van der Waals surface area contributed by atoms with E-state index >= 15 is 0 Å². The van der Waals surface area contributed by atoms with Crippen molar-refractivity contribution in [1.29, 1.82) is 0 Å². The number of thioether (sulfide) groups is 1. The Bertz CT molecular complexity index is 425. The summed E-state index contributed by atoms with van der Waals surface area (Å²) in [4.78, 5) is 16.0. The molecule has 1 aliphatic carbocycles. The van der Waals surface area contributed by atoms with E-state index in [1.807, 2.05) is 18.7 Å². The van der Waals surface area contributed by atoms with Gasteiger partial charge in [-0.2, -0.15) is 11.8 Å². The Morgan fingerprint density at radius 3 is 2.94 bits per heavy atom. The second-order valence-electron chi connectivity index (χ2n) is 4.11. The second kappa shape index (κ2) is 4.49. The molecular formula is C11H17N3OS. The van der Waals surface area contributed by atoms with Crippen molar-refractivity contribution in [2.45, 2.75) is 31.1 Å². The van der Waals surface area contributed by atoms with Crippen molar-refractivity contribution in [3.8, 4) is 0 Å². The first-order valence-corrected chi connectivity index (χ1v) is 6.78. The van der Waals surface area contributed by atoms with Gasteiger partial charge in [0.2, 0.25) is 0 Å². The summed E-state index contributed by atoms with van der Waals surface area (Å²) in [5, 5.41) is 3.18. The number of nitrogens with one attached hydrogen (secondary N) is 1. The summed E-state index contributed by atoms with van der Waals surface area (Å²) in [7, 11) is 0. The van der Waals surface area contributed by atoms with Gasteiger partial charge in [0.25, 0.3) is 5.56 Å². The standard InChI is InChI=1S/C11H17N3OS/c1-3-14-7-6-12-9(10(14)15)13-8-11(16-2)4-5-11/h6-7H,3-5,8H2,1-2H3,(H,12,13). The van der Waals surface area contributed by atoms with Crippen LogP contribution in [0.25, 0.3) is 0 Å². The molecule has 0 aromatic carbocycles. The molecule has 0 amide bonds. The van der Waals surface area contributed by atoms with Crippen LogP contribution >= 0.6 is 11.8 Å². The molecule has 1 aromatic heterocycles. The van der Waals surface area contributed by atoms with Crippen molar-refractivity contribution in [2.24, 2.45) is 0 Å². The maximum absolute atomic E-state index is 11.9. The van der Waals surface area contributed by atoms with Gasteiger partial charge in [0.15, 0.2) is 5.82 Å². The molecule has 0 spiro atoms. The average Bonchev–Trinajstić information content (AvgIpc) is 3.08. The van der Waals surface area contributed by atoms with Crippen LogP contribution in [0, 0.1) is 0 Å². The lowest BCUT2D eigenvalue weighted by molar-refractivity contribution is 0.718. The van der Waals surface area contributed by atoms with Crippen molar-refractivity contribution < 1.29 is 0 Å². The van der Waals surface area contributed by atoms with Gasteiger partial charge in [-0.1, -0.05) is 0 Å². The minimum Gasteiger partial charge on any atom is -0.364 e. The van der Waals surface area contributed by atoms with Crippen LogP contribution in [0.3, 0.4) is 0 Å². The number of rotatable bonds is 5. The first-order valence-electron chi connectivity index (χ1n) is 5.55. The number of aromatic nitrogens is 2. The smallest absolute Gasteiger partial charge is 0.293 e. The number of nitrogens with zero attached hydrogens (tertiary/aromatic N) is 2. The molecule has 0 saturated heterocycles. The van der Waals surface area contributed by atoms with Gasteiger partial charge >= 0.3 is 0 Å². The fraction of sp³-hybridized carbons (Fsp3) is 0.636.